The molecule has 1 N–H and O–H groups in total. The van der Waals surface area contributed by atoms with Crippen molar-refractivity contribution < 1.29 is 0 Å². The smallest absolute Gasteiger partial charge is 0.193 e. The number of imidazole rings is 1. The average Bonchev–Trinajstić information content (AvgIpc) is 3.05. The molecule has 3 heterocycles. The monoisotopic (exact) mass is 501 g/mol. The van der Waals surface area contributed by atoms with Crippen molar-refractivity contribution in [2.45, 2.75) is 39.4 Å². The molecule has 150 valence electrons. The highest BCUT2D eigenvalue weighted by Crippen LogP contribution is 2.24. The van der Waals surface area contributed by atoms with Crippen molar-refractivity contribution >= 4 is 47.3 Å². The van der Waals surface area contributed by atoms with Crippen LogP contribution in [0.25, 0.3) is 5.65 Å². The van der Waals surface area contributed by atoms with Crippen LogP contribution in [-0.4, -0.2) is 57.4 Å². The van der Waals surface area contributed by atoms with Gasteiger partial charge in [0.2, 0.25) is 0 Å². The van der Waals surface area contributed by atoms with Crippen LogP contribution in [0.5, 0.6) is 0 Å². The molecule has 0 spiro atoms. The van der Waals surface area contributed by atoms with E-state index in [0.29, 0.717) is 11.2 Å². The minimum Gasteiger partial charge on any atom is -0.357 e. The largest absolute Gasteiger partial charge is 0.357 e. The molecule has 0 aromatic carbocycles. The van der Waals surface area contributed by atoms with Crippen molar-refractivity contribution in [2.24, 2.45) is 10.9 Å². The minimum atomic E-state index is 0. The molecule has 2 aromatic rings. The molecule has 0 radical (unpaired) electrons. The van der Waals surface area contributed by atoms with Crippen LogP contribution in [0.1, 0.15) is 32.0 Å². The Bertz CT molecular complexity index is 758. The quantitative estimate of drug-likeness (QED) is 0.384. The lowest BCUT2D eigenvalue weighted by atomic mass is 10.1. The molecule has 0 saturated carbocycles. The van der Waals surface area contributed by atoms with Crippen molar-refractivity contribution in [3.8, 4) is 0 Å². The Labute approximate surface area is 184 Å². The van der Waals surface area contributed by atoms with Crippen LogP contribution >= 0.6 is 35.7 Å². The van der Waals surface area contributed by atoms with E-state index in [0.717, 1.165) is 49.9 Å². The molecule has 7 heteroatoms. The number of aromatic nitrogens is 2. The zero-order valence-electron chi connectivity index (χ0n) is 16.8. The first-order chi connectivity index (χ1) is 12.6. The second-order valence-electron chi connectivity index (χ2n) is 7.24. The van der Waals surface area contributed by atoms with Crippen LogP contribution in [0.3, 0.4) is 0 Å². The van der Waals surface area contributed by atoms with Gasteiger partial charge in [-0.2, -0.15) is 11.8 Å². The summed E-state index contributed by atoms with van der Waals surface area (Å²) >= 11 is 2.10. The van der Waals surface area contributed by atoms with E-state index in [1.807, 2.05) is 0 Å². The number of aryl methyl sites for hydroxylation is 1. The standard InChI is InChI=1S/C20H31N5S.HI/c1-5-21-20(25-11-12-26-18(14-25)15(2)3)22-9-8-17-13-24-10-6-7-16(4)19(24)23-17;/h6-7,10,13,15,18H,5,8-9,11-12,14H2,1-4H3,(H,21,22);1H. The first-order valence-electron chi connectivity index (χ1n) is 9.66. The van der Waals surface area contributed by atoms with Crippen molar-refractivity contribution in [3.63, 3.8) is 0 Å². The highest BCUT2D eigenvalue weighted by atomic mass is 127. The number of thioether (sulfide) groups is 1. The van der Waals surface area contributed by atoms with Crippen LogP contribution in [0.15, 0.2) is 29.5 Å². The van der Waals surface area contributed by atoms with Gasteiger partial charge in [0.25, 0.3) is 0 Å². The van der Waals surface area contributed by atoms with Crippen molar-refractivity contribution in [2.75, 3.05) is 31.9 Å². The molecule has 0 bridgehead atoms. The molecule has 2 aromatic heterocycles. The number of rotatable bonds is 5. The Morgan fingerprint density at radius 3 is 2.96 bits per heavy atom. The van der Waals surface area contributed by atoms with Gasteiger partial charge in [0, 0.05) is 56.0 Å². The van der Waals surface area contributed by atoms with Crippen molar-refractivity contribution in [1.29, 1.82) is 0 Å². The van der Waals surface area contributed by atoms with Crippen LogP contribution in [0.2, 0.25) is 0 Å². The topological polar surface area (TPSA) is 44.9 Å². The second-order valence-corrected chi connectivity index (χ2v) is 8.59. The molecule has 0 amide bonds. The van der Waals surface area contributed by atoms with Gasteiger partial charge >= 0.3 is 0 Å². The fourth-order valence-corrected chi connectivity index (χ4v) is 4.60. The summed E-state index contributed by atoms with van der Waals surface area (Å²) in [6.45, 7) is 12.7. The van der Waals surface area contributed by atoms with Gasteiger partial charge in [-0.1, -0.05) is 19.9 Å². The van der Waals surface area contributed by atoms with Gasteiger partial charge in [-0.05, 0) is 31.4 Å². The molecule has 27 heavy (non-hydrogen) atoms. The molecule has 5 nitrogen and oxygen atoms in total. The first-order valence-corrected chi connectivity index (χ1v) is 10.7. The van der Waals surface area contributed by atoms with Gasteiger partial charge in [-0.25, -0.2) is 4.98 Å². The molecule has 3 rings (SSSR count). The lowest BCUT2D eigenvalue weighted by Crippen LogP contribution is -2.49. The molecular formula is C20H32IN5S. The summed E-state index contributed by atoms with van der Waals surface area (Å²) in [7, 11) is 0. The number of fused-ring (bicyclic) bond motifs is 1. The summed E-state index contributed by atoms with van der Waals surface area (Å²) in [5.41, 5.74) is 3.36. The maximum absolute atomic E-state index is 4.89. The molecule has 1 fully saturated rings. The van der Waals surface area contributed by atoms with Crippen LogP contribution < -0.4 is 5.32 Å². The number of nitrogens with zero attached hydrogens (tertiary/aromatic N) is 4. The summed E-state index contributed by atoms with van der Waals surface area (Å²) in [6.07, 6.45) is 5.05. The third-order valence-electron chi connectivity index (χ3n) is 4.83. The van der Waals surface area contributed by atoms with E-state index >= 15 is 0 Å². The van der Waals surface area contributed by atoms with Crippen molar-refractivity contribution in [1.82, 2.24) is 19.6 Å². The third-order valence-corrected chi connectivity index (χ3v) is 6.37. The number of pyridine rings is 1. The van der Waals surface area contributed by atoms with E-state index in [9.17, 15) is 0 Å². The molecule has 1 aliphatic rings. The van der Waals surface area contributed by atoms with E-state index < -0.39 is 0 Å². The lowest BCUT2D eigenvalue weighted by Gasteiger charge is -2.36. The zero-order valence-corrected chi connectivity index (χ0v) is 20.0. The van der Waals surface area contributed by atoms with Gasteiger partial charge in [0.15, 0.2) is 5.96 Å². The summed E-state index contributed by atoms with van der Waals surface area (Å²) in [5, 5.41) is 4.16. The molecule has 1 atom stereocenters. The number of nitrogens with one attached hydrogen (secondary N) is 1. The second kappa shape index (κ2) is 10.5. The number of hydrogen-bond donors (Lipinski definition) is 1. The Kier molecular flexibility index (Phi) is 8.72. The maximum Gasteiger partial charge on any atom is 0.193 e. The normalized spacial score (nSPS) is 18.0. The van der Waals surface area contributed by atoms with E-state index in [-0.39, 0.29) is 24.0 Å². The summed E-state index contributed by atoms with van der Waals surface area (Å²) in [4.78, 5) is 12.1. The fourth-order valence-electron chi connectivity index (χ4n) is 3.30. The highest BCUT2D eigenvalue weighted by Gasteiger charge is 2.24. The molecule has 1 aliphatic heterocycles. The predicted octanol–water partition coefficient (Wildman–Crippen LogP) is 3.84. The predicted molar refractivity (Wildman–Crippen MR) is 128 cm³/mol. The number of aliphatic imine (C=N–C) groups is 1. The third kappa shape index (κ3) is 5.76. The van der Waals surface area contributed by atoms with E-state index in [1.165, 1.54) is 11.3 Å². The van der Waals surface area contributed by atoms with Gasteiger partial charge in [0.05, 0.1) is 5.69 Å². The number of guanidine groups is 1. The summed E-state index contributed by atoms with van der Waals surface area (Å²) < 4.78 is 2.11. The minimum absolute atomic E-state index is 0. The Balaban J connectivity index is 0.00000261. The van der Waals surface area contributed by atoms with E-state index in [4.69, 9.17) is 9.98 Å². The fraction of sp³-hybridized carbons (Fsp3) is 0.600. The molecule has 1 saturated heterocycles. The van der Waals surface area contributed by atoms with Crippen molar-refractivity contribution in [3.05, 3.63) is 35.8 Å². The molecule has 1 unspecified atom stereocenters. The summed E-state index contributed by atoms with van der Waals surface area (Å²) in [5.74, 6) is 2.93. The number of hydrogen-bond acceptors (Lipinski definition) is 3. The zero-order chi connectivity index (χ0) is 18.5. The summed E-state index contributed by atoms with van der Waals surface area (Å²) in [6, 6.07) is 4.17. The Morgan fingerprint density at radius 2 is 2.26 bits per heavy atom. The van der Waals surface area contributed by atoms with Gasteiger partial charge in [-0.15, -0.1) is 24.0 Å². The van der Waals surface area contributed by atoms with Gasteiger partial charge < -0.3 is 14.6 Å². The lowest BCUT2D eigenvalue weighted by molar-refractivity contribution is 0.381. The average molecular weight is 501 g/mol. The SMILES string of the molecule is CCNC(=NCCc1cn2cccc(C)c2n1)N1CCSC(C(C)C)C1.I. The first kappa shape index (κ1) is 22.3. The van der Waals surface area contributed by atoms with E-state index in [2.05, 4.69) is 78.6 Å². The van der Waals surface area contributed by atoms with Gasteiger partial charge in [-0.3, -0.25) is 4.99 Å². The maximum atomic E-state index is 4.89. The number of halogens is 1. The van der Waals surface area contributed by atoms with Crippen LogP contribution in [0.4, 0.5) is 0 Å². The Hall–Kier alpha value is -0.960. The van der Waals surface area contributed by atoms with Gasteiger partial charge in [0.1, 0.15) is 5.65 Å². The molecule has 0 aliphatic carbocycles. The van der Waals surface area contributed by atoms with Crippen LogP contribution in [0, 0.1) is 12.8 Å². The van der Waals surface area contributed by atoms with E-state index in [1.54, 1.807) is 0 Å². The molecular weight excluding hydrogens is 469 g/mol. The highest BCUT2D eigenvalue weighted by molar-refractivity contribution is 14.0. The van der Waals surface area contributed by atoms with Crippen LogP contribution in [-0.2, 0) is 6.42 Å². The Morgan fingerprint density at radius 1 is 1.44 bits per heavy atom.